The average Bonchev–Trinajstić information content (AvgIpc) is 2.24. The van der Waals surface area contributed by atoms with Gasteiger partial charge in [-0.05, 0) is 26.0 Å². The molecule has 0 atom stereocenters. The first-order chi connectivity index (χ1) is 8.92. The summed E-state index contributed by atoms with van der Waals surface area (Å²) in [6.07, 6.45) is -4.58. The van der Waals surface area contributed by atoms with Crippen LogP contribution in [-0.4, -0.2) is 35.1 Å². The van der Waals surface area contributed by atoms with E-state index < -0.39 is 17.5 Å². The summed E-state index contributed by atoms with van der Waals surface area (Å²) in [7, 11) is 1.48. The molecular weight excluding hydrogens is 273 g/mol. The van der Waals surface area contributed by atoms with Gasteiger partial charge in [0, 0.05) is 13.6 Å². The number of alkyl halides is 3. The molecule has 1 aromatic rings. The van der Waals surface area contributed by atoms with E-state index in [4.69, 9.17) is 11.1 Å². The van der Waals surface area contributed by atoms with E-state index in [0.717, 1.165) is 12.1 Å². The van der Waals surface area contributed by atoms with Gasteiger partial charge in [0.2, 0.25) is 0 Å². The number of likely N-dealkylation sites (N-methyl/N-ethyl adjacent to an activating group) is 1. The van der Waals surface area contributed by atoms with Gasteiger partial charge in [-0.15, -0.1) is 0 Å². The Hall–Kier alpha value is -1.83. The SMILES string of the molecule is CN(CC(C)(C)O)c1nc(C(F)(F)F)ccc1C(=N)N. The van der Waals surface area contributed by atoms with Gasteiger partial charge in [0.25, 0.3) is 0 Å². The Labute approximate surface area is 114 Å². The maximum atomic E-state index is 12.7. The van der Waals surface area contributed by atoms with Crippen LogP contribution < -0.4 is 10.6 Å². The molecule has 1 rings (SSSR count). The molecule has 0 aliphatic rings. The van der Waals surface area contributed by atoms with Crippen LogP contribution in [-0.2, 0) is 6.18 Å². The third kappa shape index (κ3) is 4.09. The molecule has 0 fully saturated rings. The van der Waals surface area contributed by atoms with Gasteiger partial charge in [-0.3, -0.25) is 5.41 Å². The Morgan fingerprint density at radius 1 is 1.40 bits per heavy atom. The molecule has 0 amide bonds. The monoisotopic (exact) mass is 290 g/mol. The summed E-state index contributed by atoms with van der Waals surface area (Å²) in [5.74, 6) is -0.474. The number of amidine groups is 1. The van der Waals surface area contributed by atoms with Gasteiger partial charge in [-0.1, -0.05) is 0 Å². The average molecular weight is 290 g/mol. The van der Waals surface area contributed by atoms with E-state index in [1.165, 1.54) is 25.8 Å². The Balaban J connectivity index is 3.29. The standard InChI is InChI=1S/C12H17F3N4O/c1-11(2,20)6-19(3)10-7(9(16)17)4-5-8(18-10)12(13,14)15/h4-5,20H,6H2,1-3H3,(H3,16,17). The number of nitrogen functional groups attached to an aromatic ring is 1. The second-order valence-electron chi connectivity index (χ2n) is 5.15. The minimum atomic E-state index is -4.58. The number of nitrogens with zero attached hydrogens (tertiary/aromatic N) is 2. The summed E-state index contributed by atoms with van der Waals surface area (Å²) in [4.78, 5) is 4.86. The minimum Gasteiger partial charge on any atom is -0.389 e. The van der Waals surface area contributed by atoms with Gasteiger partial charge in [-0.2, -0.15) is 13.2 Å². The maximum Gasteiger partial charge on any atom is 0.433 e. The lowest BCUT2D eigenvalue weighted by Crippen LogP contribution is -2.38. The molecule has 8 heteroatoms. The summed E-state index contributed by atoms with van der Waals surface area (Å²) >= 11 is 0. The van der Waals surface area contributed by atoms with Crippen molar-refractivity contribution in [2.24, 2.45) is 5.73 Å². The lowest BCUT2D eigenvalue weighted by Gasteiger charge is -2.28. The zero-order valence-electron chi connectivity index (χ0n) is 11.4. The smallest absolute Gasteiger partial charge is 0.389 e. The van der Waals surface area contributed by atoms with Gasteiger partial charge in [0.1, 0.15) is 17.3 Å². The topological polar surface area (TPSA) is 86.2 Å². The number of aromatic nitrogens is 1. The van der Waals surface area contributed by atoms with E-state index in [2.05, 4.69) is 4.98 Å². The van der Waals surface area contributed by atoms with E-state index in [0.29, 0.717) is 0 Å². The highest BCUT2D eigenvalue weighted by Gasteiger charge is 2.34. The summed E-state index contributed by atoms with van der Waals surface area (Å²) in [5.41, 5.74) is 3.24. The number of anilines is 1. The van der Waals surface area contributed by atoms with Gasteiger partial charge in [-0.25, -0.2) is 4.98 Å². The Kier molecular flexibility index (Phi) is 4.28. The van der Waals surface area contributed by atoms with Crippen molar-refractivity contribution in [3.63, 3.8) is 0 Å². The van der Waals surface area contributed by atoms with Crippen LogP contribution in [0.5, 0.6) is 0 Å². The third-order valence-corrected chi connectivity index (χ3v) is 2.44. The van der Waals surface area contributed by atoms with Crippen molar-refractivity contribution in [2.75, 3.05) is 18.5 Å². The molecule has 20 heavy (non-hydrogen) atoms. The Bertz CT molecular complexity index is 508. The molecular formula is C12H17F3N4O. The number of nitrogens with two attached hydrogens (primary N) is 1. The maximum absolute atomic E-state index is 12.7. The molecule has 0 unspecified atom stereocenters. The molecule has 0 saturated carbocycles. The van der Waals surface area contributed by atoms with Crippen molar-refractivity contribution in [1.82, 2.24) is 4.98 Å². The van der Waals surface area contributed by atoms with Gasteiger partial charge in [0.15, 0.2) is 0 Å². The Morgan fingerprint density at radius 3 is 2.35 bits per heavy atom. The normalized spacial score (nSPS) is 12.3. The van der Waals surface area contributed by atoms with E-state index >= 15 is 0 Å². The number of nitrogens with one attached hydrogen (secondary N) is 1. The first kappa shape index (κ1) is 16.2. The number of halogens is 3. The summed E-state index contributed by atoms with van der Waals surface area (Å²) in [5, 5.41) is 17.1. The molecule has 1 aromatic heterocycles. The minimum absolute atomic E-state index is 0.0432. The van der Waals surface area contributed by atoms with Crippen LogP contribution in [0, 0.1) is 5.41 Å². The highest BCUT2D eigenvalue weighted by Crippen LogP contribution is 2.30. The number of hydrogen-bond acceptors (Lipinski definition) is 4. The first-order valence-corrected chi connectivity index (χ1v) is 5.78. The molecule has 0 aromatic carbocycles. The van der Waals surface area contributed by atoms with Crippen LogP contribution in [0.3, 0.4) is 0 Å². The fraction of sp³-hybridized carbons (Fsp3) is 0.500. The lowest BCUT2D eigenvalue weighted by atomic mass is 10.1. The molecule has 0 aliphatic heterocycles. The van der Waals surface area contributed by atoms with Crippen molar-refractivity contribution in [3.05, 3.63) is 23.4 Å². The molecule has 0 radical (unpaired) electrons. The molecule has 0 bridgehead atoms. The van der Waals surface area contributed by atoms with Crippen LogP contribution in [0.15, 0.2) is 12.1 Å². The van der Waals surface area contributed by atoms with E-state index in [-0.39, 0.29) is 23.8 Å². The Morgan fingerprint density at radius 2 is 1.95 bits per heavy atom. The summed E-state index contributed by atoms with van der Waals surface area (Å²) in [6, 6.07) is 1.88. The van der Waals surface area contributed by atoms with E-state index in [9.17, 15) is 18.3 Å². The molecule has 112 valence electrons. The molecule has 5 nitrogen and oxygen atoms in total. The molecule has 0 spiro atoms. The highest BCUT2D eigenvalue weighted by atomic mass is 19.4. The fourth-order valence-corrected chi connectivity index (χ4v) is 1.76. The number of pyridine rings is 1. The number of hydrogen-bond donors (Lipinski definition) is 3. The van der Waals surface area contributed by atoms with Crippen molar-refractivity contribution in [2.45, 2.75) is 25.6 Å². The first-order valence-electron chi connectivity index (χ1n) is 5.78. The largest absolute Gasteiger partial charge is 0.433 e. The zero-order valence-corrected chi connectivity index (χ0v) is 11.4. The number of aliphatic hydroxyl groups is 1. The molecule has 0 saturated heterocycles. The van der Waals surface area contributed by atoms with Gasteiger partial charge in [0.05, 0.1) is 11.2 Å². The van der Waals surface area contributed by atoms with Crippen molar-refractivity contribution < 1.29 is 18.3 Å². The molecule has 4 N–H and O–H groups in total. The molecule has 0 aliphatic carbocycles. The van der Waals surface area contributed by atoms with Crippen molar-refractivity contribution in [1.29, 1.82) is 5.41 Å². The predicted molar refractivity (Wildman–Crippen MR) is 69.8 cm³/mol. The van der Waals surface area contributed by atoms with Crippen LogP contribution in [0.2, 0.25) is 0 Å². The lowest BCUT2D eigenvalue weighted by molar-refractivity contribution is -0.141. The number of rotatable bonds is 4. The highest BCUT2D eigenvalue weighted by molar-refractivity contribution is 5.99. The van der Waals surface area contributed by atoms with Crippen LogP contribution in [0.4, 0.5) is 19.0 Å². The summed E-state index contributed by atoms with van der Waals surface area (Å²) < 4.78 is 38.1. The van der Waals surface area contributed by atoms with Crippen molar-refractivity contribution >= 4 is 11.7 Å². The van der Waals surface area contributed by atoms with Crippen molar-refractivity contribution in [3.8, 4) is 0 Å². The van der Waals surface area contributed by atoms with Crippen LogP contribution >= 0.6 is 0 Å². The quantitative estimate of drug-likeness (QED) is 0.580. The summed E-state index contributed by atoms with van der Waals surface area (Å²) in [6.45, 7) is 3.08. The van der Waals surface area contributed by atoms with E-state index in [1.54, 1.807) is 0 Å². The fourth-order valence-electron chi connectivity index (χ4n) is 1.76. The van der Waals surface area contributed by atoms with Gasteiger partial charge < -0.3 is 15.7 Å². The third-order valence-electron chi connectivity index (χ3n) is 2.44. The zero-order chi connectivity index (χ0) is 15.7. The second-order valence-corrected chi connectivity index (χ2v) is 5.15. The molecule has 1 heterocycles. The van der Waals surface area contributed by atoms with E-state index in [1.807, 2.05) is 0 Å². The van der Waals surface area contributed by atoms with Gasteiger partial charge >= 0.3 is 6.18 Å². The van der Waals surface area contributed by atoms with Crippen LogP contribution in [0.1, 0.15) is 25.1 Å². The second kappa shape index (κ2) is 5.28. The predicted octanol–water partition coefficient (Wildman–Crippen LogP) is 1.59. The van der Waals surface area contributed by atoms with Crippen LogP contribution in [0.25, 0.3) is 0 Å².